The third-order valence-corrected chi connectivity index (χ3v) is 6.11. The number of ether oxygens (including phenoxy) is 1. The lowest BCUT2D eigenvalue weighted by molar-refractivity contribution is -0.134. The molecule has 0 saturated carbocycles. The van der Waals surface area contributed by atoms with Crippen LogP contribution in [0.15, 0.2) is 101 Å². The molecule has 0 bridgehead atoms. The van der Waals surface area contributed by atoms with Crippen LogP contribution in [0, 0.1) is 0 Å². The van der Waals surface area contributed by atoms with Crippen LogP contribution in [0.25, 0.3) is 0 Å². The molecule has 4 heteroatoms. The highest BCUT2D eigenvalue weighted by molar-refractivity contribution is 8.18. The molecule has 3 nitrogen and oxygen atoms in total. The van der Waals surface area contributed by atoms with E-state index < -0.39 is 16.5 Å². The van der Waals surface area contributed by atoms with Crippen LogP contribution < -0.4 is 0 Å². The standard InChI is InChI=1S/C23H20O3S/c1-2-26-23(25)22(21(24)18-12-6-3-7-13-18)27(19-14-8-4-9-15-19)20-16-10-5-11-17-20/h3-17H,2H2,1H3. The number of ketones is 1. The van der Waals surface area contributed by atoms with E-state index in [0.29, 0.717) is 5.56 Å². The van der Waals surface area contributed by atoms with E-state index in [4.69, 9.17) is 4.74 Å². The van der Waals surface area contributed by atoms with E-state index in [0.717, 1.165) is 9.79 Å². The fraction of sp³-hybridized carbons (Fsp3) is 0.0870. The van der Waals surface area contributed by atoms with Gasteiger partial charge in [-0.1, -0.05) is 66.7 Å². The summed E-state index contributed by atoms with van der Waals surface area (Å²) in [4.78, 5) is 28.1. The van der Waals surface area contributed by atoms with Crippen molar-refractivity contribution in [3.63, 3.8) is 0 Å². The predicted octanol–water partition coefficient (Wildman–Crippen LogP) is 4.99. The second kappa shape index (κ2) is 9.10. The van der Waals surface area contributed by atoms with Gasteiger partial charge in [-0.05, 0) is 31.2 Å². The Morgan fingerprint density at radius 3 is 1.63 bits per heavy atom. The van der Waals surface area contributed by atoms with Crippen LogP contribution in [-0.2, 0) is 9.53 Å². The number of Topliss-reactive ketones (excluding diaryl/α,β-unsaturated/α-hetero) is 1. The number of carbonyl (C=O) groups is 2. The molecule has 0 saturated heterocycles. The van der Waals surface area contributed by atoms with E-state index in [1.54, 1.807) is 31.2 Å². The molecule has 0 heterocycles. The summed E-state index contributed by atoms with van der Waals surface area (Å²) in [5.41, 5.74) is 0.477. The summed E-state index contributed by atoms with van der Waals surface area (Å²) in [6.45, 7) is 1.96. The summed E-state index contributed by atoms with van der Waals surface area (Å²) in [5, 5.41) is 0. The van der Waals surface area contributed by atoms with Crippen molar-refractivity contribution in [2.75, 3.05) is 6.61 Å². The quantitative estimate of drug-likeness (QED) is 0.263. The van der Waals surface area contributed by atoms with Crippen molar-refractivity contribution in [2.45, 2.75) is 16.7 Å². The highest BCUT2D eigenvalue weighted by Crippen LogP contribution is 2.38. The molecule has 27 heavy (non-hydrogen) atoms. The Labute approximate surface area is 161 Å². The Morgan fingerprint density at radius 2 is 1.19 bits per heavy atom. The van der Waals surface area contributed by atoms with Gasteiger partial charge in [-0.15, -0.1) is 10.5 Å². The Balaban J connectivity index is 2.29. The van der Waals surface area contributed by atoms with Gasteiger partial charge < -0.3 is 4.74 Å². The molecule has 0 N–H and O–H groups in total. The van der Waals surface area contributed by atoms with E-state index >= 15 is 0 Å². The van der Waals surface area contributed by atoms with Crippen molar-refractivity contribution in [1.82, 2.24) is 0 Å². The van der Waals surface area contributed by atoms with Crippen molar-refractivity contribution in [3.8, 4) is 0 Å². The average Bonchev–Trinajstić information content (AvgIpc) is 2.73. The zero-order valence-electron chi connectivity index (χ0n) is 15.0. The lowest BCUT2D eigenvalue weighted by Crippen LogP contribution is -2.27. The van der Waals surface area contributed by atoms with Gasteiger partial charge in [0, 0.05) is 15.4 Å². The zero-order valence-corrected chi connectivity index (χ0v) is 15.8. The fourth-order valence-electron chi connectivity index (χ4n) is 2.67. The summed E-state index contributed by atoms with van der Waals surface area (Å²) in [6, 6.07) is 28.1. The summed E-state index contributed by atoms with van der Waals surface area (Å²) >= 11 is 0. The van der Waals surface area contributed by atoms with Crippen molar-refractivity contribution in [3.05, 3.63) is 96.6 Å². The largest absolute Gasteiger partial charge is 0.462 e. The minimum Gasteiger partial charge on any atom is -0.462 e. The van der Waals surface area contributed by atoms with Gasteiger partial charge >= 0.3 is 5.97 Å². The van der Waals surface area contributed by atoms with Gasteiger partial charge in [-0.25, -0.2) is 4.79 Å². The number of esters is 1. The van der Waals surface area contributed by atoms with Crippen LogP contribution in [0.2, 0.25) is 0 Å². The molecule has 0 aliphatic rings. The van der Waals surface area contributed by atoms with Crippen LogP contribution in [0.5, 0.6) is 0 Å². The van der Waals surface area contributed by atoms with Crippen molar-refractivity contribution in [2.24, 2.45) is 0 Å². The molecule has 0 aromatic heterocycles. The van der Waals surface area contributed by atoms with Crippen molar-refractivity contribution >= 4 is 27.1 Å². The summed E-state index contributed by atoms with van der Waals surface area (Å²) in [6.07, 6.45) is 0. The smallest absolute Gasteiger partial charge is 0.348 e. The first kappa shape index (κ1) is 18.8. The van der Waals surface area contributed by atoms with Crippen molar-refractivity contribution < 1.29 is 14.3 Å². The second-order valence-corrected chi connectivity index (χ2v) is 7.64. The molecule has 3 aromatic carbocycles. The number of carbonyl (C=O) groups excluding carboxylic acids is 2. The maximum absolute atomic E-state index is 13.3. The highest BCUT2D eigenvalue weighted by atomic mass is 32.2. The lowest BCUT2D eigenvalue weighted by Gasteiger charge is -2.16. The van der Waals surface area contributed by atoms with Crippen LogP contribution in [0.3, 0.4) is 0 Å². The zero-order chi connectivity index (χ0) is 19.1. The Morgan fingerprint density at radius 1 is 0.741 bits per heavy atom. The van der Waals surface area contributed by atoms with Gasteiger partial charge in [0.15, 0.2) is 0 Å². The molecule has 0 aliphatic heterocycles. The lowest BCUT2D eigenvalue weighted by atomic mass is 10.1. The monoisotopic (exact) mass is 376 g/mol. The number of hydrogen-bond donors (Lipinski definition) is 0. The maximum Gasteiger partial charge on any atom is 0.348 e. The molecule has 0 fully saturated rings. The fourth-order valence-corrected chi connectivity index (χ4v) is 4.80. The Kier molecular flexibility index (Phi) is 6.34. The summed E-state index contributed by atoms with van der Waals surface area (Å²) in [7, 11) is -0.859. The molecule has 0 amide bonds. The van der Waals surface area contributed by atoms with Gasteiger partial charge in [0.05, 0.1) is 6.61 Å². The first-order valence-corrected chi connectivity index (χ1v) is 9.93. The molecule has 3 rings (SSSR count). The minimum atomic E-state index is -0.859. The van der Waals surface area contributed by atoms with Gasteiger partial charge in [0.1, 0.15) is 4.86 Å². The summed E-state index contributed by atoms with van der Waals surface area (Å²) in [5.74, 6) is -0.868. The maximum atomic E-state index is 13.3. The van der Waals surface area contributed by atoms with E-state index in [2.05, 4.69) is 0 Å². The van der Waals surface area contributed by atoms with Gasteiger partial charge in [-0.2, -0.15) is 0 Å². The molecule has 0 atom stereocenters. The van der Waals surface area contributed by atoms with Crippen LogP contribution in [-0.4, -0.2) is 23.2 Å². The first-order chi connectivity index (χ1) is 13.2. The van der Waals surface area contributed by atoms with E-state index in [9.17, 15) is 9.59 Å². The molecule has 3 aromatic rings. The van der Waals surface area contributed by atoms with E-state index in [-0.39, 0.29) is 17.3 Å². The Hall–Kier alpha value is -2.98. The molecule has 0 unspecified atom stereocenters. The number of benzene rings is 3. The predicted molar refractivity (Wildman–Crippen MR) is 109 cm³/mol. The first-order valence-electron chi connectivity index (χ1n) is 8.70. The van der Waals surface area contributed by atoms with Gasteiger partial charge in [-0.3, -0.25) is 4.79 Å². The Bertz CT molecular complexity index is 907. The number of hydrogen-bond acceptors (Lipinski definition) is 3. The molecule has 0 radical (unpaired) electrons. The van der Waals surface area contributed by atoms with Crippen molar-refractivity contribution in [1.29, 1.82) is 0 Å². The number of rotatable bonds is 6. The normalized spacial score (nSPS) is 10.4. The highest BCUT2D eigenvalue weighted by Gasteiger charge is 2.26. The van der Waals surface area contributed by atoms with Crippen LogP contribution >= 0.6 is 10.5 Å². The van der Waals surface area contributed by atoms with Crippen LogP contribution in [0.1, 0.15) is 17.3 Å². The SMILES string of the molecule is CCOC(=O)C(C(=O)c1ccccc1)=S(c1ccccc1)c1ccccc1. The molecular formula is C23H20O3S. The molecule has 136 valence electrons. The second-order valence-electron chi connectivity index (χ2n) is 5.68. The summed E-state index contributed by atoms with van der Waals surface area (Å²) < 4.78 is 5.28. The molecule has 0 aliphatic carbocycles. The topological polar surface area (TPSA) is 43.4 Å². The third-order valence-electron chi connectivity index (χ3n) is 3.86. The molecular weight excluding hydrogens is 356 g/mol. The molecule has 0 spiro atoms. The van der Waals surface area contributed by atoms with Crippen LogP contribution in [0.4, 0.5) is 0 Å². The van der Waals surface area contributed by atoms with E-state index in [1.807, 2.05) is 66.7 Å². The van der Waals surface area contributed by atoms with Gasteiger partial charge in [0.25, 0.3) is 0 Å². The van der Waals surface area contributed by atoms with E-state index in [1.165, 1.54) is 0 Å². The third kappa shape index (κ3) is 4.41. The van der Waals surface area contributed by atoms with Gasteiger partial charge in [0.2, 0.25) is 5.78 Å². The minimum absolute atomic E-state index is 0.153. The average molecular weight is 376 g/mol.